The molecule has 1 N–H and O–H groups in total. The summed E-state index contributed by atoms with van der Waals surface area (Å²) in [5, 5.41) is 0. The fraction of sp³-hybridized carbons (Fsp3) is 0.533. The lowest BCUT2D eigenvalue weighted by Crippen LogP contribution is -2.32. The molecule has 0 aromatic heterocycles. The number of benzene rings is 1. The van der Waals surface area contributed by atoms with E-state index in [1.807, 2.05) is 13.0 Å². The average molecular weight is 310 g/mol. The highest BCUT2D eigenvalue weighted by Crippen LogP contribution is 2.16. The molecule has 1 aliphatic rings. The number of hydrogen-bond donors (Lipinski definition) is 1. The Labute approximate surface area is 126 Å². The zero-order valence-electron chi connectivity index (χ0n) is 12.6. The summed E-state index contributed by atoms with van der Waals surface area (Å²) >= 11 is 0. The van der Waals surface area contributed by atoms with E-state index in [0.717, 1.165) is 31.5 Å². The average Bonchev–Trinajstić information content (AvgIpc) is 2.95. The lowest BCUT2D eigenvalue weighted by molar-refractivity contribution is -0.129. The van der Waals surface area contributed by atoms with E-state index in [1.54, 1.807) is 24.0 Å². The largest absolute Gasteiger partial charge is 0.343 e. The maximum absolute atomic E-state index is 12.3. The summed E-state index contributed by atoms with van der Waals surface area (Å²) in [4.78, 5) is 14.0. The van der Waals surface area contributed by atoms with E-state index in [2.05, 4.69) is 4.72 Å². The molecule has 5 nitrogen and oxygen atoms in total. The second-order valence-electron chi connectivity index (χ2n) is 5.50. The van der Waals surface area contributed by atoms with E-state index in [0.29, 0.717) is 5.56 Å². The third-order valence-corrected chi connectivity index (χ3v) is 5.33. The van der Waals surface area contributed by atoms with Gasteiger partial charge in [0, 0.05) is 26.1 Å². The summed E-state index contributed by atoms with van der Waals surface area (Å²) in [5.74, 6) is 0.0242. The van der Waals surface area contributed by atoms with Gasteiger partial charge in [0.05, 0.1) is 4.90 Å². The van der Waals surface area contributed by atoms with Gasteiger partial charge in [-0.25, -0.2) is 13.1 Å². The fourth-order valence-electron chi connectivity index (χ4n) is 2.49. The van der Waals surface area contributed by atoms with E-state index in [1.165, 1.54) is 0 Å². The summed E-state index contributed by atoms with van der Waals surface area (Å²) in [7, 11) is -3.55. The molecule has 0 atom stereocenters. The number of sulfonamides is 1. The van der Waals surface area contributed by atoms with Gasteiger partial charge in [-0.3, -0.25) is 4.79 Å². The van der Waals surface area contributed by atoms with Crippen molar-refractivity contribution in [3.63, 3.8) is 0 Å². The molecule has 0 spiro atoms. The summed E-state index contributed by atoms with van der Waals surface area (Å²) < 4.78 is 27.1. The van der Waals surface area contributed by atoms with Crippen molar-refractivity contribution in [2.24, 2.45) is 0 Å². The molecule has 1 aromatic rings. The highest BCUT2D eigenvalue weighted by atomic mass is 32.2. The lowest BCUT2D eigenvalue weighted by atomic mass is 10.2. The van der Waals surface area contributed by atoms with Crippen molar-refractivity contribution in [1.29, 1.82) is 0 Å². The number of nitrogens with one attached hydrogen (secondary N) is 1. The zero-order chi connectivity index (χ0) is 15.5. The molecular weight excluding hydrogens is 288 g/mol. The van der Waals surface area contributed by atoms with Crippen LogP contribution in [0.3, 0.4) is 0 Å². The molecule has 2 rings (SSSR count). The van der Waals surface area contributed by atoms with Gasteiger partial charge in [-0.15, -0.1) is 0 Å². The zero-order valence-corrected chi connectivity index (χ0v) is 13.4. The minimum Gasteiger partial charge on any atom is -0.343 e. The van der Waals surface area contributed by atoms with Gasteiger partial charge in [0.15, 0.2) is 0 Å². The third-order valence-electron chi connectivity index (χ3n) is 3.72. The Bertz CT molecular complexity index is 620. The van der Waals surface area contributed by atoms with Crippen LogP contribution < -0.4 is 4.72 Å². The number of carbonyl (C=O) groups excluding carboxylic acids is 1. The van der Waals surface area contributed by atoms with Gasteiger partial charge < -0.3 is 4.90 Å². The van der Waals surface area contributed by atoms with Crippen molar-refractivity contribution in [2.75, 3.05) is 19.6 Å². The standard InChI is InChI=1S/C15H22N2O3S/c1-12-5-6-13(2)14(11-12)21(19,20)16-8-7-15(18)17-9-3-4-10-17/h5-6,11,16H,3-4,7-10H2,1-2H3. The van der Waals surface area contributed by atoms with Crippen LogP contribution in [0.4, 0.5) is 0 Å². The number of likely N-dealkylation sites (tertiary alicyclic amines) is 1. The smallest absolute Gasteiger partial charge is 0.240 e. The number of carbonyl (C=O) groups is 1. The molecule has 1 aromatic carbocycles. The van der Waals surface area contributed by atoms with Crippen molar-refractivity contribution in [2.45, 2.75) is 38.0 Å². The highest BCUT2D eigenvalue weighted by molar-refractivity contribution is 7.89. The van der Waals surface area contributed by atoms with Crippen molar-refractivity contribution in [1.82, 2.24) is 9.62 Å². The minimum absolute atomic E-state index is 0.0242. The first-order valence-corrected chi connectivity index (χ1v) is 8.73. The van der Waals surface area contributed by atoms with Gasteiger partial charge in [0.2, 0.25) is 15.9 Å². The summed E-state index contributed by atoms with van der Waals surface area (Å²) in [5.41, 5.74) is 1.60. The summed E-state index contributed by atoms with van der Waals surface area (Å²) in [6.45, 7) is 5.36. The van der Waals surface area contributed by atoms with Crippen LogP contribution in [0.2, 0.25) is 0 Å². The molecule has 0 saturated carbocycles. The van der Waals surface area contributed by atoms with Crippen LogP contribution in [0.25, 0.3) is 0 Å². The van der Waals surface area contributed by atoms with Crippen LogP contribution >= 0.6 is 0 Å². The predicted molar refractivity (Wildman–Crippen MR) is 81.5 cm³/mol. The molecule has 6 heteroatoms. The number of nitrogens with zero attached hydrogens (tertiary/aromatic N) is 1. The van der Waals surface area contributed by atoms with Crippen molar-refractivity contribution < 1.29 is 13.2 Å². The first kappa shape index (κ1) is 16.0. The molecular formula is C15H22N2O3S. The second-order valence-corrected chi connectivity index (χ2v) is 7.24. The topological polar surface area (TPSA) is 66.5 Å². The lowest BCUT2D eigenvalue weighted by Gasteiger charge is -2.15. The number of hydrogen-bond acceptors (Lipinski definition) is 3. The van der Waals surface area contributed by atoms with Crippen LogP contribution in [0.15, 0.2) is 23.1 Å². The summed E-state index contributed by atoms with van der Waals surface area (Å²) in [6, 6.07) is 5.32. The number of aryl methyl sites for hydroxylation is 2. The normalized spacial score (nSPS) is 15.4. The van der Waals surface area contributed by atoms with E-state index in [-0.39, 0.29) is 23.8 Å². The van der Waals surface area contributed by atoms with Gasteiger partial charge in [-0.1, -0.05) is 12.1 Å². The van der Waals surface area contributed by atoms with E-state index in [4.69, 9.17) is 0 Å². The van der Waals surface area contributed by atoms with E-state index < -0.39 is 10.0 Å². The highest BCUT2D eigenvalue weighted by Gasteiger charge is 2.20. The Morgan fingerprint density at radius 3 is 2.57 bits per heavy atom. The van der Waals surface area contributed by atoms with Crippen LogP contribution in [-0.2, 0) is 14.8 Å². The molecule has 1 fully saturated rings. The van der Waals surface area contributed by atoms with Gasteiger partial charge in [-0.2, -0.15) is 0 Å². The number of amides is 1. The fourth-order valence-corrected chi connectivity index (χ4v) is 3.85. The van der Waals surface area contributed by atoms with E-state index in [9.17, 15) is 13.2 Å². The molecule has 1 saturated heterocycles. The second kappa shape index (κ2) is 6.58. The van der Waals surface area contributed by atoms with Crippen LogP contribution in [0, 0.1) is 13.8 Å². The maximum atomic E-state index is 12.3. The van der Waals surface area contributed by atoms with Gasteiger partial charge in [0.1, 0.15) is 0 Å². The van der Waals surface area contributed by atoms with Crippen LogP contribution in [0.5, 0.6) is 0 Å². The Hall–Kier alpha value is -1.40. The Morgan fingerprint density at radius 2 is 1.90 bits per heavy atom. The quantitative estimate of drug-likeness (QED) is 0.898. The molecule has 0 unspecified atom stereocenters. The first-order chi connectivity index (χ1) is 9.90. The Balaban J connectivity index is 1.95. The molecule has 21 heavy (non-hydrogen) atoms. The van der Waals surface area contributed by atoms with Crippen molar-refractivity contribution >= 4 is 15.9 Å². The third kappa shape index (κ3) is 4.04. The SMILES string of the molecule is Cc1ccc(C)c(S(=O)(=O)NCCC(=O)N2CCCC2)c1. The summed E-state index contributed by atoms with van der Waals surface area (Å²) in [6.07, 6.45) is 2.30. The van der Waals surface area contributed by atoms with Gasteiger partial charge in [-0.05, 0) is 43.9 Å². The molecule has 0 aliphatic carbocycles. The predicted octanol–water partition coefficient (Wildman–Crippen LogP) is 1.59. The van der Waals surface area contributed by atoms with Gasteiger partial charge in [0.25, 0.3) is 0 Å². The minimum atomic E-state index is -3.55. The van der Waals surface area contributed by atoms with Crippen molar-refractivity contribution in [3.05, 3.63) is 29.3 Å². The Kier molecular flexibility index (Phi) is 5.00. The van der Waals surface area contributed by atoms with Crippen LogP contribution in [-0.4, -0.2) is 38.9 Å². The van der Waals surface area contributed by atoms with Crippen molar-refractivity contribution in [3.8, 4) is 0 Å². The maximum Gasteiger partial charge on any atom is 0.240 e. The molecule has 1 aliphatic heterocycles. The molecule has 0 bridgehead atoms. The Morgan fingerprint density at radius 1 is 1.24 bits per heavy atom. The molecule has 1 amide bonds. The first-order valence-electron chi connectivity index (χ1n) is 7.25. The molecule has 116 valence electrons. The van der Waals surface area contributed by atoms with Crippen LogP contribution in [0.1, 0.15) is 30.4 Å². The van der Waals surface area contributed by atoms with Gasteiger partial charge >= 0.3 is 0 Å². The number of rotatable bonds is 5. The molecule has 1 heterocycles. The molecule has 0 radical (unpaired) electrons. The monoisotopic (exact) mass is 310 g/mol. The van der Waals surface area contributed by atoms with E-state index >= 15 is 0 Å².